The van der Waals surface area contributed by atoms with E-state index in [9.17, 15) is 4.89 Å². The highest BCUT2D eigenvalue weighted by Crippen LogP contribution is 2.33. The van der Waals surface area contributed by atoms with E-state index in [1.807, 2.05) is 26.1 Å². The normalized spacial score (nSPS) is 16.5. The predicted octanol–water partition coefficient (Wildman–Crippen LogP) is 3.22. The average Bonchev–Trinajstić information content (AvgIpc) is 3.12. The Bertz CT molecular complexity index is 1190. The number of hydrazine groups is 1. The number of hydrogen-bond donors (Lipinski definition) is 4. The first kappa shape index (κ1) is 25.6. The lowest BCUT2D eigenvalue weighted by Gasteiger charge is -2.23. The highest BCUT2D eigenvalue weighted by Gasteiger charge is 2.21. The monoisotopic (exact) mass is 501 g/mol. The van der Waals surface area contributed by atoms with Crippen molar-refractivity contribution in [2.75, 3.05) is 44.9 Å². The van der Waals surface area contributed by atoms with E-state index in [0.29, 0.717) is 30.9 Å². The van der Waals surface area contributed by atoms with E-state index < -0.39 is 8.38 Å². The molecule has 0 aromatic carbocycles. The molecule has 4 rings (SSSR count). The SMILES string of the molecule is CCOP(O)CCNc1ccc2c3ncc(/C(=C(\C)N)N(C)N)cc3n(CC3CCOCC3)c2n1. The summed E-state index contributed by atoms with van der Waals surface area (Å²) >= 11 is 0. The molecule has 1 aliphatic heterocycles. The van der Waals surface area contributed by atoms with Crippen molar-refractivity contribution in [2.24, 2.45) is 17.5 Å². The third-order valence-corrected chi connectivity index (χ3v) is 7.38. The summed E-state index contributed by atoms with van der Waals surface area (Å²) in [7, 11) is 0.362. The van der Waals surface area contributed by atoms with E-state index in [2.05, 4.69) is 22.0 Å². The van der Waals surface area contributed by atoms with Crippen LogP contribution in [0.25, 0.3) is 27.8 Å². The first-order valence-electron chi connectivity index (χ1n) is 12.0. The first-order valence-corrected chi connectivity index (χ1v) is 13.4. The Hall–Kier alpha value is -2.49. The predicted molar refractivity (Wildman–Crippen MR) is 141 cm³/mol. The van der Waals surface area contributed by atoms with Gasteiger partial charge in [-0.15, -0.1) is 0 Å². The van der Waals surface area contributed by atoms with Crippen molar-refractivity contribution >= 4 is 42.0 Å². The minimum atomic E-state index is -1.41. The fourth-order valence-corrected chi connectivity index (χ4v) is 5.35. The summed E-state index contributed by atoms with van der Waals surface area (Å²) in [5.74, 6) is 7.34. The van der Waals surface area contributed by atoms with Crippen molar-refractivity contribution in [3.05, 3.63) is 35.7 Å². The summed E-state index contributed by atoms with van der Waals surface area (Å²) < 4.78 is 13.1. The molecule has 6 N–H and O–H groups in total. The molecule has 3 aromatic heterocycles. The third-order valence-electron chi connectivity index (χ3n) is 6.21. The molecule has 1 unspecified atom stereocenters. The van der Waals surface area contributed by atoms with Crippen molar-refractivity contribution in [3.8, 4) is 0 Å². The molecule has 0 bridgehead atoms. The number of fused-ring (bicyclic) bond motifs is 3. The molecule has 0 aliphatic carbocycles. The Kier molecular flexibility index (Phi) is 8.41. The zero-order valence-electron chi connectivity index (χ0n) is 20.7. The number of allylic oxidation sites excluding steroid dienone is 1. The van der Waals surface area contributed by atoms with E-state index >= 15 is 0 Å². The number of rotatable bonds is 10. The second-order valence-corrected chi connectivity index (χ2v) is 10.3. The first-order chi connectivity index (χ1) is 16.9. The zero-order valence-corrected chi connectivity index (χ0v) is 21.6. The molecule has 1 saturated heterocycles. The Labute approximate surface area is 207 Å². The third kappa shape index (κ3) is 5.85. The van der Waals surface area contributed by atoms with Gasteiger partial charge >= 0.3 is 0 Å². The molecule has 0 spiro atoms. The molecule has 1 fully saturated rings. The number of nitrogens with one attached hydrogen (secondary N) is 1. The topological polar surface area (TPSA) is 137 Å². The molecule has 11 heteroatoms. The van der Waals surface area contributed by atoms with Crippen molar-refractivity contribution in [3.63, 3.8) is 0 Å². The van der Waals surface area contributed by atoms with E-state index in [-0.39, 0.29) is 0 Å². The van der Waals surface area contributed by atoms with Crippen LogP contribution < -0.4 is 16.9 Å². The maximum atomic E-state index is 9.90. The van der Waals surface area contributed by atoms with Crippen LogP contribution in [0.5, 0.6) is 0 Å². The molecule has 0 radical (unpaired) electrons. The van der Waals surface area contributed by atoms with Crippen LogP contribution in [0.15, 0.2) is 30.1 Å². The molecular formula is C24H36N7O3P. The number of pyridine rings is 2. The van der Waals surface area contributed by atoms with Gasteiger partial charge < -0.3 is 34.8 Å². The van der Waals surface area contributed by atoms with Gasteiger partial charge in [0, 0.05) is 62.4 Å². The van der Waals surface area contributed by atoms with E-state index in [1.54, 1.807) is 7.05 Å². The number of hydrogen-bond acceptors (Lipinski definition) is 9. The maximum Gasteiger partial charge on any atom is 0.169 e. The molecule has 0 saturated carbocycles. The van der Waals surface area contributed by atoms with Crippen molar-refractivity contribution in [2.45, 2.75) is 33.2 Å². The van der Waals surface area contributed by atoms with Gasteiger partial charge in [-0.25, -0.2) is 10.8 Å². The summed E-state index contributed by atoms with van der Waals surface area (Å²) in [6.45, 7) is 7.20. The lowest BCUT2D eigenvalue weighted by molar-refractivity contribution is 0.0619. The lowest BCUT2D eigenvalue weighted by atomic mass is 10.0. The number of ether oxygens (including phenoxy) is 1. The van der Waals surface area contributed by atoms with Gasteiger partial charge in [0.15, 0.2) is 8.38 Å². The summed E-state index contributed by atoms with van der Waals surface area (Å²) in [4.78, 5) is 19.7. The Balaban J connectivity index is 1.75. The Morgan fingerprint density at radius 2 is 2.14 bits per heavy atom. The number of aromatic nitrogens is 3. The molecule has 35 heavy (non-hydrogen) atoms. The molecule has 1 atom stereocenters. The molecular weight excluding hydrogens is 465 g/mol. The standard InChI is InChI=1S/C24H36N7O3P/c1-4-34-35(32)12-9-27-21-6-5-19-22-20(13-18(14-28-22)23(16(2)25)30(3)26)31(24(19)29-21)15-17-7-10-33-11-8-17/h5-6,13-14,17,32H,4,7-12,15,25-26H2,1-3H3,(H,27,29)/b23-16-. The highest BCUT2D eigenvalue weighted by atomic mass is 31.2. The molecule has 4 heterocycles. The van der Waals surface area contributed by atoms with Crippen LogP contribution in [0.4, 0.5) is 5.82 Å². The number of nitrogens with two attached hydrogens (primary N) is 2. The fourth-order valence-electron chi connectivity index (χ4n) is 4.62. The summed E-state index contributed by atoms with van der Waals surface area (Å²) in [6, 6.07) is 6.12. The van der Waals surface area contributed by atoms with Crippen LogP contribution in [0.1, 0.15) is 32.3 Å². The minimum Gasteiger partial charge on any atom is -0.401 e. The zero-order chi connectivity index (χ0) is 24.9. The highest BCUT2D eigenvalue weighted by molar-refractivity contribution is 7.46. The second-order valence-electron chi connectivity index (χ2n) is 8.89. The fraction of sp³-hybridized carbons (Fsp3) is 0.500. The molecule has 1 aliphatic rings. The van der Waals surface area contributed by atoms with Crippen LogP contribution in [0, 0.1) is 5.92 Å². The second kappa shape index (κ2) is 11.5. The molecule has 10 nitrogen and oxygen atoms in total. The maximum absolute atomic E-state index is 9.90. The molecule has 3 aromatic rings. The lowest BCUT2D eigenvalue weighted by Crippen LogP contribution is -2.26. The Morgan fingerprint density at radius 1 is 1.37 bits per heavy atom. The smallest absolute Gasteiger partial charge is 0.169 e. The van der Waals surface area contributed by atoms with Gasteiger partial charge in [0.2, 0.25) is 0 Å². The average molecular weight is 502 g/mol. The quantitative estimate of drug-likeness (QED) is 0.187. The van der Waals surface area contributed by atoms with Gasteiger partial charge in [0.25, 0.3) is 0 Å². The van der Waals surface area contributed by atoms with Crippen LogP contribution in [0.2, 0.25) is 0 Å². The molecule has 0 amide bonds. The van der Waals surface area contributed by atoms with Gasteiger partial charge in [-0.2, -0.15) is 0 Å². The van der Waals surface area contributed by atoms with E-state index in [0.717, 1.165) is 71.7 Å². The number of anilines is 1. The largest absolute Gasteiger partial charge is 0.401 e. The van der Waals surface area contributed by atoms with Crippen molar-refractivity contribution in [1.29, 1.82) is 0 Å². The Morgan fingerprint density at radius 3 is 2.83 bits per heavy atom. The van der Waals surface area contributed by atoms with Crippen LogP contribution in [-0.2, 0) is 15.8 Å². The van der Waals surface area contributed by atoms with Gasteiger partial charge in [-0.05, 0) is 50.8 Å². The number of nitrogens with zero attached hydrogens (tertiary/aromatic N) is 4. The van der Waals surface area contributed by atoms with Crippen LogP contribution in [-0.4, -0.2) is 64.0 Å². The summed E-state index contributed by atoms with van der Waals surface area (Å²) in [5, 5.41) is 5.85. The van der Waals surface area contributed by atoms with E-state index in [1.165, 1.54) is 5.01 Å². The van der Waals surface area contributed by atoms with Gasteiger partial charge in [-0.3, -0.25) is 4.98 Å². The minimum absolute atomic E-state index is 0.497. The van der Waals surface area contributed by atoms with Crippen molar-refractivity contribution < 1.29 is 14.2 Å². The van der Waals surface area contributed by atoms with E-state index in [4.69, 9.17) is 30.8 Å². The molecule has 190 valence electrons. The van der Waals surface area contributed by atoms with Crippen LogP contribution in [0.3, 0.4) is 0 Å². The van der Waals surface area contributed by atoms with Gasteiger partial charge in [0.05, 0.1) is 23.3 Å². The summed E-state index contributed by atoms with van der Waals surface area (Å²) in [5.41, 5.74) is 11.2. The van der Waals surface area contributed by atoms with Gasteiger partial charge in [0.1, 0.15) is 11.5 Å². The van der Waals surface area contributed by atoms with Gasteiger partial charge in [-0.1, -0.05) is 0 Å². The van der Waals surface area contributed by atoms with Crippen molar-refractivity contribution in [1.82, 2.24) is 19.5 Å². The summed E-state index contributed by atoms with van der Waals surface area (Å²) in [6.07, 6.45) is 4.39. The van der Waals surface area contributed by atoms with Crippen LogP contribution >= 0.6 is 8.38 Å².